The number of hydrogen-bond donors (Lipinski definition) is 2. The molecule has 0 bridgehead atoms. The summed E-state index contributed by atoms with van der Waals surface area (Å²) in [5, 5.41) is 6.39. The molecule has 2 fully saturated rings. The molecule has 1 saturated carbocycles. The zero-order chi connectivity index (χ0) is 19.6. The molecule has 2 aliphatic rings. The lowest BCUT2D eigenvalue weighted by molar-refractivity contribution is -0.121. The van der Waals surface area contributed by atoms with Crippen LogP contribution in [0.1, 0.15) is 39.0 Å². The van der Waals surface area contributed by atoms with E-state index in [0.29, 0.717) is 25.4 Å². The number of guanidine groups is 1. The van der Waals surface area contributed by atoms with Crippen molar-refractivity contribution in [3.05, 3.63) is 18.5 Å². The third kappa shape index (κ3) is 6.07. The summed E-state index contributed by atoms with van der Waals surface area (Å²) in [6, 6.07) is 1.84. The topological polar surface area (TPSA) is 85.8 Å². The molecular formula is C20H33N7O. The van der Waals surface area contributed by atoms with Gasteiger partial charge in [0, 0.05) is 58.1 Å². The van der Waals surface area contributed by atoms with Crippen molar-refractivity contribution < 1.29 is 4.79 Å². The molecule has 1 saturated heterocycles. The summed E-state index contributed by atoms with van der Waals surface area (Å²) in [6.07, 6.45) is 9.19. The summed E-state index contributed by atoms with van der Waals surface area (Å²) in [5.41, 5.74) is 0. The van der Waals surface area contributed by atoms with Gasteiger partial charge in [-0.25, -0.2) is 9.97 Å². The van der Waals surface area contributed by atoms with Gasteiger partial charge in [0.1, 0.15) is 0 Å². The minimum absolute atomic E-state index is 0.170. The maximum Gasteiger partial charge on any atom is 0.225 e. The first kappa shape index (κ1) is 20.4. The van der Waals surface area contributed by atoms with Crippen molar-refractivity contribution in [3.63, 3.8) is 0 Å². The van der Waals surface area contributed by atoms with Gasteiger partial charge in [-0.2, -0.15) is 0 Å². The van der Waals surface area contributed by atoms with Crippen molar-refractivity contribution in [1.82, 2.24) is 25.5 Å². The van der Waals surface area contributed by atoms with E-state index >= 15 is 0 Å². The molecule has 154 valence electrons. The van der Waals surface area contributed by atoms with E-state index in [4.69, 9.17) is 4.99 Å². The number of piperazine rings is 1. The number of carbonyl (C=O) groups excluding carboxylic acids is 1. The summed E-state index contributed by atoms with van der Waals surface area (Å²) >= 11 is 0. The fraction of sp³-hybridized carbons (Fsp3) is 0.700. The number of aromatic nitrogens is 2. The Morgan fingerprint density at radius 2 is 1.86 bits per heavy atom. The van der Waals surface area contributed by atoms with Crippen LogP contribution in [0.25, 0.3) is 0 Å². The number of hydrogen-bond acceptors (Lipinski definition) is 5. The number of rotatable bonds is 7. The van der Waals surface area contributed by atoms with Gasteiger partial charge in [0.2, 0.25) is 11.9 Å². The first-order valence-corrected chi connectivity index (χ1v) is 10.6. The van der Waals surface area contributed by atoms with E-state index in [2.05, 4.69) is 37.3 Å². The Morgan fingerprint density at radius 3 is 2.54 bits per heavy atom. The molecule has 8 nitrogen and oxygen atoms in total. The average molecular weight is 388 g/mol. The Balaban J connectivity index is 1.42. The molecule has 1 aliphatic heterocycles. The maximum absolute atomic E-state index is 12.0. The molecule has 0 unspecified atom stereocenters. The fourth-order valence-electron chi connectivity index (χ4n) is 3.90. The average Bonchev–Trinajstić information content (AvgIpc) is 3.24. The zero-order valence-electron chi connectivity index (χ0n) is 16.9. The van der Waals surface area contributed by atoms with Gasteiger partial charge < -0.3 is 20.4 Å². The highest BCUT2D eigenvalue weighted by Gasteiger charge is 2.21. The molecule has 2 heterocycles. The van der Waals surface area contributed by atoms with Gasteiger partial charge in [-0.1, -0.05) is 12.8 Å². The zero-order valence-corrected chi connectivity index (χ0v) is 16.9. The minimum Gasteiger partial charge on any atom is -0.357 e. The first-order chi connectivity index (χ1) is 13.8. The van der Waals surface area contributed by atoms with Crippen LogP contribution in [0, 0.1) is 5.92 Å². The van der Waals surface area contributed by atoms with Crippen molar-refractivity contribution in [2.75, 3.05) is 50.7 Å². The van der Waals surface area contributed by atoms with Crippen molar-refractivity contribution in [2.24, 2.45) is 10.9 Å². The van der Waals surface area contributed by atoms with E-state index < -0.39 is 0 Å². The lowest BCUT2D eigenvalue weighted by Crippen LogP contribution is -2.53. The van der Waals surface area contributed by atoms with E-state index in [0.717, 1.165) is 44.6 Å². The lowest BCUT2D eigenvalue weighted by Gasteiger charge is -2.36. The van der Waals surface area contributed by atoms with Crippen LogP contribution >= 0.6 is 0 Å². The second-order valence-corrected chi connectivity index (χ2v) is 7.46. The van der Waals surface area contributed by atoms with Crippen LogP contribution in [0.2, 0.25) is 0 Å². The number of aliphatic imine (C=N–C) groups is 1. The van der Waals surface area contributed by atoms with Crippen molar-refractivity contribution >= 4 is 17.8 Å². The molecule has 0 spiro atoms. The fourth-order valence-corrected chi connectivity index (χ4v) is 3.90. The van der Waals surface area contributed by atoms with Crippen LogP contribution in [-0.4, -0.2) is 72.5 Å². The van der Waals surface area contributed by atoms with Crippen LogP contribution < -0.4 is 15.5 Å². The van der Waals surface area contributed by atoms with Crippen LogP contribution in [0.3, 0.4) is 0 Å². The lowest BCUT2D eigenvalue weighted by atomic mass is 10.0. The summed E-state index contributed by atoms with van der Waals surface area (Å²) in [7, 11) is 0. The molecule has 0 radical (unpaired) electrons. The second-order valence-electron chi connectivity index (χ2n) is 7.46. The largest absolute Gasteiger partial charge is 0.357 e. The standard InChI is InChI=1S/C20H33N7O/c1-2-21-19(25-11-10-22-18(28)16-17-6-3-4-7-17)26-12-14-27(15-13-26)20-23-8-5-9-24-20/h5,8-9,17H,2-4,6-7,10-16H2,1H3,(H,21,25)(H,22,28). The number of nitrogens with zero attached hydrogens (tertiary/aromatic N) is 5. The van der Waals surface area contributed by atoms with Gasteiger partial charge in [-0.05, 0) is 31.7 Å². The smallest absolute Gasteiger partial charge is 0.225 e. The van der Waals surface area contributed by atoms with Crippen molar-refractivity contribution in [2.45, 2.75) is 39.0 Å². The van der Waals surface area contributed by atoms with E-state index in [-0.39, 0.29) is 5.91 Å². The predicted molar refractivity (Wildman–Crippen MR) is 111 cm³/mol. The van der Waals surface area contributed by atoms with Crippen LogP contribution in [0.15, 0.2) is 23.5 Å². The molecule has 0 aromatic carbocycles. The molecule has 8 heteroatoms. The highest BCUT2D eigenvalue weighted by atomic mass is 16.1. The van der Waals surface area contributed by atoms with E-state index in [1.807, 2.05) is 6.07 Å². The molecule has 3 rings (SSSR count). The Bertz CT molecular complexity index is 623. The van der Waals surface area contributed by atoms with Gasteiger partial charge in [-0.15, -0.1) is 0 Å². The summed E-state index contributed by atoms with van der Waals surface area (Å²) < 4.78 is 0. The van der Waals surface area contributed by atoms with Gasteiger partial charge >= 0.3 is 0 Å². The van der Waals surface area contributed by atoms with Crippen LogP contribution in [-0.2, 0) is 4.79 Å². The molecule has 0 atom stereocenters. The molecule has 1 aliphatic carbocycles. The summed E-state index contributed by atoms with van der Waals surface area (Å²) in [5.74, 6) is 2.46. The number of amides is 1. The molecule has 2 N–H and O–H groups in total. The molecular weight excluding hydrogens is 354 g/mol. The SMILES string of the molecule is CCNC(=NCCNC(=O)CC1CCCC1)N1CCN(c2ncccn2)CC1. The Labute approximate surface area is 167 Å². The Kier molecular flexibility index (Phi) is 7.87. The molecule has 1 aromatic heterocycles. The molecule has 1 amide bonds. The highest BCUT2D eigenvalue weighted by molar-refractivity contribution is 5.80. The monoisotopic (exact) mass is 387 g/mol. The Morgan fingerprint density at radius 1 is 1.14 bits per heavy atom. The van der Waals surface area contributed by atoms with E-state index in [9.17, 15) is 4.79 Å². The maximum atomic E-state index is 12.0. The van der Waals surface area contributed by atoms with Gasteiger partial charge in [0.25, 0.3) is 0 Å². The minimum atomic E-state index is 0.170. The van der Waals surface area contributed by atoms with Crippen molar-refractivity contribution in [3.8, 4) is 0 Å². The van der Waals surface area contributed by atoms with Gasteiger partial charge in [0.15, 0.2) is 5.96 Å². The number of anilines is 1. The van der Waals surface area contributed by atoms with E-state index in [1.165, 1.54) is 25.7 Å². The third-order valence-corrected chi connectivity index (χ3v) is 5.39. The number of nitrogens with one attached hydrogen (secondary N) is 2. The molecule has 1 aromatic rings. The van der Waals surface area contributed by atoms with Gasteiger partial charge in [0.05, 0.1) is 6.54 Å². The first-order valence-electron chi connectivity index (χ1n) is 10.6. The van der Waals surface area contributed by atoms with E-state index in [1.54, 1.807) is 12.4 Å². The highest BCUT2D eigenvalue weighted by Crippen LogP contribution is 2.27. The quantitative estimate of drug-likeness (QED) is 0.416. The summed E-state index contributed by atoms with van der Waals surface area (Å²) in [6.45, 7) is 7.58. The Hall–Kier alpha value is -2.38. The normalized spacial score (nSPS) is 18.4. The number of carbonyl (C=O) groups is 1. The van der Waals surface area contributed by atoms with Crippen LogP contribution in [0.4, 0.5) is 5.95 Å². The third-order valence-electron chi connectivity index (χ3n) is 5.39. The predicted octanol–water partition coefficient (Wildman–Crippen LogP) is 1.26. The van der Waals surface area contributed by atoms with Crippen LogP contribution in [0.5, 0.6) is 0 Å². The van der Waals surface area contributed by atoms with Gasteiger partial charge in [-0.3, -0.25) is 9.79 Å². The summed E-state index contributed by atoms with van der Waals surface area (Å²) in [4.78, 5) is 29.9. The molecule has 28 heavy (non-hydrogen) atoms. The van der Waals surface area contributed by atoms with Crippen molar-refractivity contribution in [1.29, 1.82) is 0 Å². The second kappa shape index (κ2) is 10.8.